The van der Waals surface area contributed by atoms with Gasteiger partial charge in [-0.05, 0) is 12.8 Å². The Balaban J connectivity index is 2.30. The summed E-state index contributed by atoms with van der Waals surface area (Å²) in [6, 6.07) is 0. The van der Waals surface area contributed by atoms with Crippen molar-refractivity contribution >= 4 is 19.8 Å². The van der Waals surface area contributed by atoms with Gasteiger partial charge in [0.2, 0.25) is 0 Å². The van der Waals surface area contributed by atoms with Crippen LogP contribution in [-0.2, 0) is 32.7 Å². The summed E-state index contributed by atoms with van der Waals surface area (Å²) < 4.78 is 33.8. The lowest BCUT2D eigenvalue weighted by Crippen LogP contribution is -2.64. The molecule has 422 valence electrons. The van der Waals surface area contributed by atoms with Crippen LogP contribution in [0.5, 0.6) is 0 Å². The Morgan fingerprint density at radius 3 is 0.930 bits per heavy atom. The molecule has 0 heterocycles. The molecule has 0 amide bonds. The van der Waals surface area contributed by atoms with Gasteiger partial charge >= 0.3 is 19.8 Å². The minimum absolute atomic E-state index is 0.106. The number of unbranched alkanes of at least 4 members (excludes halogenated alkanes) is 40. The molecule has 6 N–H and O–H groups in total. The number of phosphoric ester groups is 1. The van der Waals surface area contributed by atoms with Gasteiger partial charge in [-0.2, -0.15) is 0 Å². The summed E-state index contributed by atoms with van der Waals surface area (Å²) in [7, 11) is -5.12. The molecule has 8 atom stereocenters. The molecule has 1 aliphatic rings. The summed E-state index contributed by atoms with van der Waals surface area (Å²) in [4.78, 5) is 36.0. The molecule has 1 fully saturated rings. The van der Waals surface area contributed by atoms with Crippen molar-refractivity contribution in [3.63, 3.8) is 0 Å². The van der Waals surface area contributed by atoms with Gasteiger partial charge in [0.1, 0.15) is 43.2 Å². The zero-order valence-electron chi connectivity index (χ0n) is 45.6. The fourth-order valence-corrected chi connectivity index (χ4v) is 10.7. The SMILES string of the molecule is CCCCCCCCCCCCCCCCCCCCCCCC(=O)OC[C@H](COP(=O)(O)OC1C(O)C(O)C(O)[C@@H](O)C1O)OC(=O)CCCCCCCCCCCCCCCCCCCCCCC. The van der Waals surface area contributed by atoms with Crippen LogP contribution in [0.15, 0.2) is 0 Å². The van der Waals surface area contributed by atoms with Gasteiger partial charge in [0, 0.05) is 12.8 Å². The third-order valence-corrected chi connectivity index (χ3v) is 15.4. The molecular weight excluding hydrogens is 924 g/mol. The van der Waals surface area contributed by atoms with Crippen LogP contribution in [0.25, 0.3) is 0 Å². The van der Waals surface area contributed by atoms with Gasteiger partial charge in [-0.15, -0.1) is 0 Å². The highest BCUT2D eigenvalue weighted by Gasteiger charge is 2.51. The van der Waals surface area contributed by atoms with Crippen molar-refractivity contribution in [1.82, 2.24) is 0 Å². The second-order valence-electron chi connectivity index (χ2n) is 21.2. The summed E-state index contributed by atoms with van der Waals surface area (Å²) in [5.74, 6) is -1.07. The molecule has 0 aromatic rings. The van der Waals surface area contributed by atoms with Crippen molar-refractivity contribution in [2.75, 3.05) is 13.2 Å². The van der Waals surface area contributed by atoms with E-state index in [9.17, 15) is 44.6 Å². The molecule has 0 saturated heterocycles. The second kappa shape index (κ2) is 47.3. The molecule has 0 bridgehead atoms. The minimum Gasteiger partial charge on any atom is -0.462 e. The maximum Gasteiger partial charge on any atom is 0.472 e. The van der Waals surface area contributed by atoms with Crippen LogP contribution >= 0.6 is 7.82 Å². The monoisotopic (exact) mass is 1030 g/mol. The molecule has 0 aromatic heterocycles. The molecule has 13 nitrogen and oxygen atoms in total. The van der Waals surface area contributed by atoms with E-state index in [0.717, 1.165) is 38.5 Å². The number of aliphatic hydroxyl groups is 5. The fourth-order valence-electron chi connectivity index (χ4n) is 9.70. The number of hydrogen-bond donors (Lipinski definition) is 6. The zero-order valence-corrected chi connectivity index (χ0v) is 46.5. The Hall–Kier alpha value is -1.15. The highest BCUT2D eigenvalue weighted by molar-refractivity contribution is 7.47. The molecule has 14 heteroatoms. The van der Waals surface area contributed by atoms with E-state index in [1.54, 1.807) is 0 Å². The van der Waals surface area contributed by atoms with Gasteiger partial charge in [0.05, 0.1) is 6.61 Å². The first-order valence-electron chi connectivity index (χ1n) is 29.8. The summed E-state index contributed by atoms with van der Waals surface area (Å²) >= 11 is 0. The predicted octanol–water partition coefficient (Wildman–Crippen LogP) is 14.0. The number of hydrogen-bond acceptors (Lipinski definition) is 12. The average molecular weight is 1040 g/mol. The Kier molecular flexibility index (Phi) is 45.2. The van der Waals surface area contributed by atoms with Crippen LogP contribution in [0.2, 0.25) is 0 Å². The van der Waals surface area contributed by atoms with Crippen molar-refractivity contribution in [3.05, 3.63) is 0 Å². The fraction of sp³-hybridized carbons (Fsp3) is 0.965. The topological polar surface area (TPSA) is 210 Å². The maximum atomic E-state index is 12.9. The number of carbonyl (C=O) groups is 2. The van der Waals surface area contributed by atoms with E-state index in [-0.39, 0.29) is 12.8 Å². The minimum atomic E-state index is -5.12. The van der Waals surface area contributed by atoms with E-state index in [4.69, 9.17) is 18.5 Å². The van der Waals surface area contributed by atoms with Crippen LogP contribution in [0.4, 0.5) is 0 Å². The van der Waals surface area contributed by atoms with Gasteiger partial charge in [-0.25, -0.2) is 4.57 Å². The Labute approximate surface area is 433 Å². The normalized spacial score (nSPS) is 20.5. The second-order valence-corrected chi connectivity index (χ2v) is 22.6. The van der Waals surface area contributed by atoms with Gasteiger partial charge in [0.15, 0.2) is 6.10 Å². The molecule has 0 radical (unpaired) electrons. The zero-order chi connectivity index (χ0) is 52.1. The summed E-state index contributed by atoms with van der Waals surface area (Å²) in [5.41, 5.74) is 0. The molecule has 0 aliphatic heterocycles. The predicted molar refractivity (Wildman–Crippen MR) is 286 cm³/mol. The first-order chi connectivity index (χ1) is 34.4. The highest BCUT2D eigenvalue weighted by atomic mass is 31.2. The van der Waals surface area contributed by atoms with Crippen molar-refractivity contribution in [3.8, 4) is 0 Å². The van der Waals surface area contributed by atoms with Crippen molar-refractivity contribution in [2.24, 2.45) is 0 Å². The van der Waals surface area contributed by atoms with Crippen LogP contribution in [-0.4, -0.2) is 98.3 Å². The van der Waals surface area contributed by atoms with E-state index in [2.05, 4.69) is 13.8 Å². The number of aliphatic hydroxyl groups excluding tert-OH is 5. The van der Waals surface area contributed by atoms with Crippen LogP contribution in [0.1, 0.15) is 296 Å². The van der Waals surface area contributed by atoms with Gasteiger partial charge in [0.25, 0.3) is 0 Å². The van der Waals surface area contributed by atoms with E-state index in [1.807, 2.05) is 0 Å². The molecule has 0 spiro atoms. The van der Waals surface area contributed by atoms with E-state index in [1.165, 1.54) is 218 Å². The molecular formula is C57H111O13P. The number of phosphoric acid groups is 1. The van der Waals surface area contributed by atoms with Crippen LogP contribution < -0.4 is 0 Å². The molecule has 1 aliphatic carbocycles. The number of ether oxygens (including phenoxy) is 2. The van der Waals surface area contributed by atoms with Gasteiger partial charge in [-0.1, -0.05) is 271 Å². The summed E-state index contributed by atoms with van der Waals surface area (Å²) in [5, 5.41) is 50.4. The number of esters is 2. The molecule has 0 aromatic carbocycles. The molecule has 6 unspecified atom stereocenters. The lowest BCUT2D eigenvalue weighted by atomic mass is 9.85. The van der Waals surface area contributed by atoms with Gasteiger partial charge in [-0.3, -0.25) is 18.6 Å². The van der Waals surface area contributed by atoms with Gasteiger partial charge < -0.3 is 39.9 Å². The van der Waals surface area contributed by atoms with E-state index >= 15 is 0 Å². The van der Waals surface area contributed by atoms with E-state index < -0.39 is 75.7 Å². The van der Waals surface area contributed by atoms with Crippen LogP contribution in [0.3, 0.4) is 0 Å². The first-order valence-corrected chi connectivity index (χ1v) is 31.3. The van der Waals surface area contributed by atoms with Crippen molar-refractivity contribution in [2.45, 2.75) is 339 Å². The first kappa shape index (κ1) is 67.9. The largest absolute Gasteiger partial charge is 0.472 e. The summed E-state index contributed by atoms with van der Waals surface area (Å²) in [6.45, 7) is 3.38. The Bertz CT molecular complexity index is 1240. The number of rotatable bonds is 52. The van der Waals surface area contributed by atoms with E-state index in [0.29, 0.717) is 12.8 Å². The Morgan fingerprint density at radius 1 is 0.380 bits per heavy atom. The highest BCUT2D eigenvalue weighted by Crippen LogP contribution is 2.47. The average Bonchev–Trinajstić information content (AvgIpc) is 3.35. The molecule has 1 rings (SSSR count). The lowest BCUT2D eigenvalue weighted by Gasteiger charge is -2.41. The maximum absolute atomic E-state index is 12.9. The lowest BCUT2D eigenvalue weighted by molar-refractivity contribution is -0.220. The number of carbonyl (C=O) groups excluding carboxylic acids is 2. The standard InChI is InChI=1S/C57H111O13P/c1-3-5-7-9-11-13-15-17-19-21-23-25-27-29-31-33-35-37-39-41-43-45-50(58)67-47-49(48-68-71(65,66)70-57-55(63)53(61)52(60)54(62)56(57)64)69-51(59)46-44-42-40-38-36-34-32-30-28-26-24-22-20-18-16-14-12-10-8-6-4-2/h49,52-57,60-64H,3-48H2,1-2H3,(H,65,66)/t49-,52?,53-,54?,55?,56?,57?/m1/s1. The molecule has 71 heavy (non-hydrogen) atoms. The Morgan fingerprint density at radius 2 is 0.634 bits per heavy atom. The third-order valence-electron chi connectivity index (χ3n) is 14.4. The van der Waals surface area contributed by atoms with Crippen molar-refractivity contribution in [1.29, 1.82) is 0 Å². The molecule has 1 saturated carbocycles. The van der Waals surface area contributed by atoms with Crippen molar-refractivity contribution < 1.29 is 63.1 Å². The summed E-state index contributed by atoms with van der Waals surface area (Å²) in [6.07, 6.45) is 40.1. The smallest absolute Gasteiger partial charge is 0.462 e. The van der Waals surface area contributed by atoms with Crippen LogP contribution in [0, 0.1) is 0 Å². The quantitative estimate of drug-likeness (QED) is 0.0191. The third kappa shape index (κ3) is 39.0.